The first kappa shape index (κ1) is 27.8. The molecule has 3 heterocycles. The lowest BCUT2D eigenvalue weighted by molar-refractivity contribution is -0.147. The van der Waals surface area contributed by atoms with Crippen molar-refractivity contribution in [3.8, 4) is 0 Å². The topological polar surface area (TPSA) is 110 Å². The van der Waals surface area contributed by atoms with Gasteiger partial charge in [-0.3, -0.25) is 9.59 Å². The molecule has 1 saturated heterocycles. The Labute approximate surface area is 218 Å². The van der Waals surface area contributed by atoms with E-state index >= 15 is 0 Å². The molecule has 4 rings (SSSR count). The lowest BCUT2D eigenvalue weighted by Crippen LogP contribution is -2.45. The van der Waals surface area contributed by atoms with Gasteiger partial charge in [-0.05, 0) is 30.9 Å². The minimum Gasteiger partial charge on any atom is -0.368 e. The van der Waals surface area contributed by atoms with E-state index in [4.69, 9.17) is 23.7 Å². The quantitative estimate of drug-likeness (QED) is 0.318. The third kappa shape index (κ3) is 5.48. The molecule has 2 aliphatic rings. The highest BCUT2D eigenvalue weighted by molar-refractivity contribution is 7.80. The number of benzene rings is 1. The van der Waals surface area contributed by atoms with Crippen LogP contribution in [-0.4, -0.2) is 61.3 Å². The van der Waals surface area contributed by atoms with Crippen LogP contribution in [0.4, 0.5) is 26.3 Å². The van der Waals surface area contributed by atoms with E-state index in [-0.39, 0.29) is 55.3 Å². The Bertz CT molecular complexity index is 1280. The van der Waals surface area contributed by atoms with Gasteiger partial charge in [0.25, 0.3) is 5.91 Å². The third-order valence-electron chi connectivity index (χ3n) is 6.67. The lowest BCUT2D eigenvalue weighted by Gasteiger charge is -2.32. The molecular weight excluding hydrogens is 538 g/mol. The molecule has 2 amide bonds. The molecule has 38 heavy (non-hydrogen) atoms. The molecule has 1 fully saturated rings. The Kier molecular flexibility index (Phi) is 7.70. The van der Waals surface area contributed by atoms with Crippen molar-refractivity contribution in [1.82, 2.24) is 19.4 Å². The van der Waals surface area contributed by atoms with Gasteiger partial charge in [-0.2, -0.15) is 13.2 Å². The number of halogens is 6. The van der Waals surface area contributed by atoms with E-state index in [0.717, 1.165) is 9.47 Å². The molecule has 0 saturated carbocycles. The zero-order valence-corrected chi connectivity index (χ0v) is 20.7. The number of aromatic nitrogens is 2. The largest absolute Gasteiger partial charge is 0.449 e. The Balaban J connectivity index is 1.54. The fourth-order valence-electron chi connectivity index (χ4n) is 4.84. The van der Waals surface area contributed by atoms with Crippen molar-refractivity contribution >= 4 is 29.0 Å². The van der Waals surface area contributed by atoms with Gasteiger partial charge in [0.15, 0.2) is 17.3 Å². The number of primary amides is 1. The van der Waals surface area contributed by atoms with Crippen LogP contribution in [0.2, 0.25) is 0 Å². The van der Waals surface area contributed by atoms with Crippen LogP contribution in [0.3, 0.4) is 0 Å². The Morgan fingerprint density at radius 1 is 1.11 bits per heavy atom. The van der Waals surface area contributed by atoms with Crippen LogP contribution in [0.15, 0.2) is 12.1 Å². The van der Waals surface area contributed by atoms with E-state index in [2.05, 4.69) is 4.98 Å². The summed E-state index contributed by atoms with van der Waals surface area (Å²) >= 11 is 5.43. The van der Waals surface area contributed by atoms with Crippen LogP contribution >= 0.6 is 12.2 Å². The molecule has 8 nitrogen and oxygen atoms in total. The van der Waals surface area contributed by atoms with Crippen LogP contribution in [0.25, 0.3) is 0 Å². The number of rotatable bonds is 6. The lowest BCUT2D eigenvalue weighted by atomic mass is 10.0. The number of likely N-dealkylation sites (tertiary alicyclic amines) is 1. The predicted molar refractivity (Wildman–Crippen MR) is 126 cm³/mol. The fourth-order valence-corrected chi connectivity index (χ4v) is 5.21. The fraction of sp³-hybridized carbons (Fsp3) is 0.478. The molecule has 2 atom stereocenters. The number of amides is 2. The summed E-state index contributed by atoms with van der Waals surface area (Å²) in [5.41, 5.74) is 10.8. The highest BCUT2D eigenvalue weighted by atomic mass is 32.1. The molecule has 0 spiro atoms. The number of alkyl halides is 3. The second-order valence-electron chi connectivity index (χ2n) is 9.28. The summed E-state index contributed by atoms with van der Waals surface area (Å²) in [7, 11) is 0. The van der Waals surface area contributed by atoms with Crippen molar-refractivity contribution < 1.29 is 35.9 Å². The maximum atomic E-state index is 14.0. The zero-order chi connectivity index (χ0) is 27.9. The first-order valence-corrected chi connectivity index (χ1v) is 12.1. The summed E-state index contributed by atoms with van der Waals surface area (Å²) in [5, 5.41) is 0. The number of fused-ring (bicyclic) bond motifs is 1. The minimum atomic E-state index is -4.83. The monoisotopic (exact) mass is 562 g/mol. The van der Waals surface area contributed by atoms with Crippen molar-refractivity contribution in [3.05, 3.63) is 52.4 Å². The van der Waals surface area contributed by atoms with Crippen molar-refractivity contribution in [1.29, 1.82) is 0 Å². The summed E-state index contributed by atoms with van der Waals surface area (Å²) in [6.07, 6.45) is -4.24. The van der Waals surface area contributed by atoms with Gasteiger partial charge in [-0.1, -0.05) is 12.2 Å². The zero-order valence-electron chi connectivity index (χ0n) is 19.9. The third-order valence-corrected chi connectivity index (χ3v) is 7.09. The molecule has 206 valence electrons. The number of thiocarbonyl (C=S) groups is 1. The predicted octanol–water partition coefficient (Wildman–Crippen LogP) is 2.51. The molecule has 2 aliphatic heterocycles. The second kappa shape index (κ2) is 10.5. The second-order valence-corrected chi connectivity index (χ2v) is 9.75. The van der Waals surface area contributed by atoms with Gasteiger partial charge >= 0.3 is 6.18 Å². The number of nitrogens with zero attached hydrogens (tertiary/aromatic N) is 4. The molecular formula is C23H24F6N6O2S. The molecule has 4 N–H and O–H groups in total. The van der Waals surface area contributed by atoms with E-state index in [1.165, 1.54) is 0 Å². The van der Waals surface area contributed by atoms with Crippen LogP contribution < -0.4 is 11.5 Å². The van der Waals surface area contributed by atoms with Gasteiger partial charge in [-0.15, -0.1) is 0 Å². The Morgan fingerprint density at radius 3 is 2.45 bits per heavy atom. The van der Waals surface area contributed by atoms with E-state index in [0.29, 0.717) is 25.0 Å². The van der Waals surface area contributed by atoms with E-state index in [1.54, 1.807) is 4.90 Å². The van der Waals surface area contributed by atoms with Crippen LogP contribution in [0.1, 0.15) is 46.8 Å². The van der Waals surface area contributed by atoms with Gasteiger partial charge in [0.2, 0.25) is 11.7 Å². The average Bonchev–Trinajstić information content (AvgIpc) is 3.47. The summed E-state index contributed by atoms with van der Waals surface area (Å²) in [6, 6.07) is -0.617. The normalized spacial score (nSPS) is 18.4. The van der Waals surface area contributed by atoms with Crippen LogP contribution in [-0.2, 0) is 30.5 Å². The van der Waals surface area contributed by atoms with Crippen molar-refractivity contribution in [3.63, 3.8) is 0 Å². The number of carbonyl (C=O) groups is 2. The smallest absolute Gasteiger partial charge is 0.368 e. The molecule has 1 aromatic carbocycles. The summed E-state index contributed by atoms with van der Waals surface area (Å²) in [5.74, 6) is -6.35. The van der Waals surface area contributed by atoms with Crippen molar-refractivity contribution in [2.75, 3.05) is 13.1 Å². The van der Waals surface area contributed by atoms with E-state index < -0.39 is 59.0 Å². The molecule has 1 aromatic heterocycles. The molecule has 15 heteroatoms. The van der Waals surface area contributed by atoms with Crippen molar-refractivity contribution in [2.24, 2.45) is 11.5 Å². The highest BCUT2D eigenvalue weighted by Crippen LogP contribution is 2.34. The molecule has 1 unspecified atom stereocenters. The number of hydrogen-bond acceptors (Lipinski definition) is 5. The first-order chi connectivity index (χ1) is 17.8. The molecule has 0 radical (unpaired) electrons. The van der Waals surface area contributed by atoms with Gasteiger partial charge in [-0.25, -0.2) is 18.2 Å². The standard InChI is InChI=1S/C23H24F6N6O2S/c24-13-9-15(26)14(25)7-11(13)6-12(30)8-18(38)33-4-5-35-17(10-33)19(32-22(35)23(27,28)29)21(37)34-3-1-2-16(34)20(31)36/h7,9,12,16H,1-6,8,10,30H2,(H2,31,36)/t12-,16?/m0/s1. The van der Waals surface area contributed by atoms with Crippen LogP contribution in [0.5, 0.6) is 0 Å². The maximum Gasteiger partial charge on any atom is 0.449 e. The summed E-state index contributed by atoms with van der Waals surface area (Å²) in [4.78, 5) is 31.5. The van der Waals surface area contributed by atoms with E-state index in [1.807, 2.05) is 0 Å². The first-order valence-electron chi connectivity index (χ1n) is 11.7. The summed E-state index contributed by atoms with van der Waals surface area (Å²) < 4.78 is 82.8. The number of hydrogen-bond donors (Lipinski definition) is 2. The van der Waals surface area contributed by atoms with Gasteiger partial charge in [0.05, 0.1) is 17.2 Å². The molecule has 2 aromatic rings. The van der Waals surface area contributed by atoms with E-state index in [9.17, 15) is 35.9 Å². The Morgan fingerprint density at radius 2 is 1.79 bits per heavy atom. The number of imidazole rings is 1. The number of carbonyl (C=O) groups excluding carboxylic acids is 2. The van der Waals surface area contributed by atoms with Gasteiger partial charge in [0, 0.05) is 38.2 Å². The van der Waals surface area contributed by atoms with Crippen molar-refractivity contribution in [2.45, 2.75) is 57.0 Å². The summed E-state index contributed by atoms with van der Waals surface area (Å²) in [6.45, 7) is -0.169. The van der Waals surface area contributed by atoms with Gasteiger partial charge in [0.1, 0.15) is 11.9 Å². The highest BCUT2D eigenvalue weighted by Gasteiger charge is 2.43. The maximum absolute atomic E-state index is 14.0. The molecule has 0 bridgehead atoms. The average molecular weight is 563 g/mol. The SMILES string of the molecule is NC(=O)C1CCCN1C(=O)c1nc(C(F)(F)F)n2c1CN(C(=S)C[C@@H](N)Cc1cc(F)c(F)cc1F)CC2. The van der Waals surface area contributed by atoms with Crippen LogP contribution in [0, 0.1) is 17.5 Å². The van der Waals surface area contributed by atoms with Gasteiger partial charge < -0.3 is 25.8 Å². The minimum absolute atomic E-state index is 0.00676. The number of nitrogens with two attached hydrogens (primary N) is 2. The molecule has 0 aliphatic carbocycles. The Hall–Kier alpha value is -3.20.